The van der Waals surface area contributed by atoms with Crippen LogP contribution < -0.4 is 0 Å². The molecule has 14 heavy (non-hydrogen) atoms. The molecular formula is C12H16N2. The summed E-state index contributed by atoms with van der Waals surface area (Å²) in [5, 5.41) is 8.52. The van der Waals surface area contributed by atoms with Crippen LogP contribution in [0.1, 0.15) is 16.7 Å². The molecule has 0 aliphatic carbocycles. The molecule has 0 atom stereocenters. The van der Waals surface area contributed by atoms with Crippen molar-refractivity contribution in [2.45, 2.75) is 20.4 Å². The molecule has 1 aromatic rings. The molecule has 0 fully saturated rings. The summed E-state index contributed by atoms with van der Waals surface area (Å²) in [5.74, 6) is 0. The zero-order chi connectivity index (χ0) is 10.6. The van der Waals surface area contributed by atoms with E-state index >= 15 is 0 Å². The van der Waals surface area contributed by atoms with Crippen LogP contribution in [0.3, 0.4) is 0 Å². The van der Waals surface area contributed by atoms with Gasteiger partial charge in [-0.1, -0.05) is 18.2 Å². The Morgan fingerprint density at radius 2 is 2.00 bits per heavy atom. The van der Waals surface area contributed by atoms with Crippen molar-refractivity contribution in [3.63, 3.8) is 0 Å². The van der Waals surface area contributed by atoms with Gasteiger partial charge in [-0.3, -0.25) is 4.90 Å². The number of hydrogen-bond acceptors (Lipinski definition) is 2. The van der Waals surface area contributed by atoms with Crippen LogP contribution >= 0.6 is 0 Å². The van der Waals surface area contributed by atoms with Gasteiger partial charge in [0.1, 0.15) is 0 Å². The van der Waals surface area contributed by atoms with E-state index in [2.05, 4.69) is 38.1 Å². The van der Waals surface area contributed by atoms with Gasteiger partial charge in [0, 0.05) is 6.54 Å². The van der Waals surface area contributed by atoms with Crippen molar-refractivity contribution in [3.8, 4) is 6.07 Å². The second-order valence-electron chi connectivity index (χ2n) is 3.75. The zero-order valence-electron chi connectivity index (χ0n) is 9.04. The minimum Gasteiger partial charge on any atom is -0.289 e. The first-order valence-electron chi connectivity index (χ1n) is 4.75. The molecule has 0 N–H and O–H groups in total. The van der Waals surface area contributed by atoms with Gasteiger partial charge >= 0.3 is 0 Å². The number of aryl methyl sites for hydroxylation is 2. The van der Waals surface area contributed by atoms with Gasteiger partial charge in [0.15, 0.2) is 0 Å². The van der Waals surface area contributed by atoms with Crippen molar-refractivity contribution in [1.82, 2.24) is 4.90 Å². The molecule has 2 nitrogen and oxygen atoms in total. The third-order valence-corrected chi connectivity index (χ3v) is 2.36. The van der Waals surface area contributed by atoms with Crippen LogP contribution in [0.5, 0.6) is 0 Å². The Kier molecular flexibility index (Phi) is 3.67. The predicted octanol–water partition coefficient (Wildman–Crippen LogP) is 2.26. The second kappa shape index (κ2) is 4.78. The van der Waals surface area contributed by atoms with E-state index < -0.39 is 0 Å². The number of nitriles is 1. The summed E-state index contributed by atoms with van der Waals surface area (Å²) in [7, 11) is 1.96. The van der Waals surface area contributed by atoms with E-state index in [1.165, 1.54) is 16.7 Å². The van der Waals surface area contributed by atoms with Crippen LogP contribution in [-0.4, -0.2) is 18.5 Å². The first-order chi connectivity index (χ1) is 6.63. The summed E-state index contributed by atoms with van der Waals surface area (Å²) in [6.07, 6.45) is 0. The van der Waals surface area contributed by atoms with Crippen molar-refractivity contribution in [1.29, 1.82) is 5.26 Å². The summed E-state index contributed by atoms with van der Waals surface area (Å²) in [4.78, 5) is 2.00. The number of nitrogens with zero attached hydrogens (tertiary/aromatic N) is 2. The van der Waals surface area contributed by atoms with Gasteiger partial charge in [-0.15, -0.1) is 0 Å². The van der Waals surface area contributed by atoms with E-state index in [1.54, 1.807) is 0 Å². The molecular weight excluding hydrogens is 172 g/mol. The summed E-state index contributed by atoms with van der Waals surface area (Å²) < 4.78 is 0. The van der Waals surface area contributed by atoms with Gasteiger partial charge in [0.05, 0.1) is 12.6 Å². The quantitative estimate of drug-likeness (QED) is 0.680. The lowest BCUT2D eigenvalue weighted by atomic mass is 10.1. The van der Waals surface area contributed by atoms with E-state index in [0.717, 1.165) is 6.54 Å². The molecule has 0 heterocycles. The van der Waals surface area contributed by atoms with Crippen LogP contribution in [0.4, 0.5) is 0 Å². The largest absolute Gasteiger partial charge is 0.289 e. The maximum Gasteiger partial charge on any atom is 0.0866 e. The Labute approximate surface area is 85.8 Å². The fraction of sp³-hybridized carbons (Fsp3) is 0.417. The Morgan fingerprint density at radius 1 is 1.29 bits per heavy atom. The third kappa shape index (κ3) is 2.86. The van der Waals surface area contributed by atoms with E-state index in [0.29, 0.717) is 6.54 Å². The molecule has 0 saturated carbocycles. The van der Waals surface area contributed by atoms with Crippen LogP contribution in [0.2, 0.25) is 0 Å². The van der Waals surface area contributed by atoms with Crippen LogP contribution in [0.15, 0.2) is 18.2 Å². The van der Waals surface area contributed by atoms with Crippen molar-refractivity contribution < 1.29 is 0 Å². The second-order valence-corrected chi connectivity index (χ2v) is 3.75. The molecule has 0 amide bonds. The minimum absolute atomic E-state index is 0.479. The molecule has 1 rings (SSSR count). The predicted molar refractivity (Wildman–Crippen MR) is 57.9 cm³/mol. The van der Waals surface area contributed by atoms with Gasteiger partial charge in [-0.2, -0.15) is 5.26 Å². The van der Waals surface area contributed by atoms with Gasteiger partial charge in [0.25, 0.3) is 0 Å². The molecule has 2 heteroatoms. The van der Waals surface area contributed by atoms with Gasteiger partial charge in [-0.25, -0.2) is 0 Å². The molecule has 0 radical (unpaired) electrons. The first kappa shape index (κ1) is 10.7. The summed E-state index contributed by atoms with van der Waals surface area (Å²) >= 11 is 0. The van der Waals surface area contributed by atoms with Crippen molar-refractivity contribution >= 4 is 0 Å². The molecule has 0 aliphatic rings. The van der Waals surface area contributed by atoms with Crippen LogP contribution in [0.25, 0.3) is 0 Å². The van der Waals surface area contributed by atoms with E-state index in [9.17, 15) is 0 Å². The minimum atomic E-state index is 0.479. The maximum absolute atomic E-state index is 8.52. The smallest absolute Gasteiger partial charge is 0.0866 e. The Morgan fingerprint density at radius 3 is 2.57 bits per heavy atom. The molecule has 0 spiro atoms. The lowest BCUT2D eigenvalue weighted by molar-refractivity contribution is 0.367. The molecule has 74 valence electrons. The zero-order valence-corrected chi connectivity index (χ0v) is 9.04. The van der Waals surface area contributed by atoms with Crippen molar-refractivity contribution in [3.05, 3.63) is 34.9 Å². The lowest BCUT2D eigenvalue weighted by Gasteiger charge is -2.13. The molecule has 0 bridgehead atoms. The average molecular weight is 188 g/mol. The Bertz CT molecular complexity index is 350. The van der Waals surface area contributed by atoms with E-state index in [-0.39, 0.29) is 0 Å². The highest BCUT2D eigenvalue weighted by Gasteiger charge is 2.00. The van der Waals surface area contributed by atoms with E-state index in [1.807, 2.05) is 11.9 Å². The lowest BCUT2D eigenvalue weighted by Crippen LogP contribution is -2.17. The average Bonchev–Trinajstić information content (AvgIpc) is 2.12. The highest BCUT2D eigenvalue weighted by molar-refractivity contribution is 5.29. The highest BCUT2D eigenvalue weighted by atomic mass is 15.1. The van der Waals surface area contributed by atoms with Crippen molar-refractivity contribution in [2.24, 2.45) is 0 Å². The van der Waals surface area contributed by atoms with Crippen molar-refractivity contribution in [2.75, 3.05) is 13.6 Å². The Hall–Kier alpha value is -1.33. The standard InChI is InChI=1S/C12H16N2/c1-10-4-5-12(8-11(10)2)9-14(3)7-6-13/h4-5,8H,7,9H2,1-3H3. The maximum atomic E-state index is 8.52. The fourth-order valence-electron chi connectivity index (χ4n) is 1.39. The topological polar surface area (TPSA) is 27.0 Å². The van der Waals surface area contributed by atoms with Gasteiger partial charge in [0.2, 0.25) is 0 Å². The van der Waals surface area contributed by atoms with Gasteiger partial charge < -0.3 is 0 Å². The summed E-state index contributed by atoms with van der Waals surface area (Å²) in [5.41, 5.74) is 3.90. The third-order valence-electron chi connectivity index (χ3n) is 2.36. The number of rotatable bonds is 3. The molecule has 0 unspecified atom stereocenters. The summed E-state index contributed by atoms with van der Waals surface area (Å²) in [6, 6.07) is 8.57. The molecule has 1 aromatic carbocycles. The first-order valence-corrected chi connectivity index (χ1v) is 4.75. The fourth-order valence-corrected chi connectivity index (χ4v) is 1.39. The monoisotopic (exact) mass is 188 g/mol. The van der Waals surface area contributed by atoms with Crippen LogP contribution in [0, 0.1) is 25.2 Å². The molecule has 0 aromatic heterocycles. The SMILES string of the molecule is Cc1ccc(CN(C)CC#N)cc1C. The molecule has 0 saturated heterocycles. The van der Waals surface area contributed by atoms with Gasteiger partial charge in [-0.05, 0) is 37.6 Å². The van der Waals surface area contributed by atoms with Crippen LogP contribution in [-0.2, 0) is 6.54 Å². The number of hydrogen-bond donors (Lipinski definition) is 0. The summed E-state index contributed by atoms with van der Waals surface area (Å²) in [6.45, 7) is 5.54. The molecule has 0 aliphatic heterocycles. The Balaban J connectivity index is 2.69. The normalized spacial score (nSPS) is 10.2. The van der Waals surface area contributed by atoms with E-state index in [4.69, 9.17) is 5.26 Å². The highest BCUT2D eigenvalue weighted by Crippen LogP contribution is 2.10. The number of benzene rings is 1.